The third-order valence-corrected chi connectivity index (χ3v) is 1.99. The lowest BCUT2D eigenvalue weighted by Crippen LogP contribution is -2.30. The molecule has 0 bridgehead atoms. The molecular weight excluding hydrogens is 124 g/mol. The highest BCUT2D eigenvalue weighted by atomic mass is 28.1. The maximum atomic E-state index is 10.1. The van der Waals surface area contributed by atoms with E-state index in [1.165, 1.54) is 0 Å². The molecule has 0 heterocycles. The maximum Gasteiger partial charge on any atom is 0.226 e. The SMILES string of the molecule is NC(=O)C([SiH3])C(N)=O. The molecule has 0 aromatic rings. The molecule has 0 aliphatic rings. The molecule has 0 aromatic carbocycles. The fraction of sp³-hybridized carbons (Fsp3) is 0.333. The topological polar surface area (TPSA) is 86.2 Å². The maximum absolute atomic E-state index is 10.1. The van der Waals surface area contributed by atoms with Gasteiger partial charge >= 0.3 is 0 Å². The summed E-state index contributed by atoms with van der Waals surface area (Å²) < 4.78 is 0. The molecule has 4 nitrogen and oxygen atoms in total. The van der Waals surface area contributed by atoms with Gasteiger partial charge in [-0.3, -0.25) is 9.59 Å². The van der Waals surface area contributed by atoms with Crippen LogP contribution in [0.3, 0.4) is 0 Å². The van der Waals surface area contributed by atoms with Crippen molar-refractivity contribution in [3.63, 3.8) is 0 Å². The molecule has 4 N–H and O–H groups in total. The zero-order valence-corrected chi connectivity index (χ0v) is 6.55. The minimum absolute atomic E-state index is 0.409. The number of carbonyl (C=O) groups is 2. The Kier molecular flexibility index (Phi) is 2.20. The Balaban J connectivity index is 3.83. The lowest BCUT2D eigenvalue weighted by Gasteiger charge is -1.97. The van der Waals surface area contributed by atoms with E-state index in [0.29, 0.717) is 10.2 Å². The van der Waals surface area contributed by atoms with Gasteiger partial charge in [-0.05, 0) is 0 Å². The molecule has 46 valence electrons. The second-order valence-corrected chi connectivity index (χ2v) is 2.68. The first-order valence-corrected chi connectivity index (χ1v) is 3.29. The number of amides is 2. The molecular formula is C3H8N2O2Si. The zero-order chi connectivity index (χ0) is 6.73. The summed E-state index contributed by atoms with van der Waals surface area (Å²) in [7, 11) is 0.409. The van der Waals surface area contributed by atoms with Gasteiger partial charge in [0.1, 0.15) is 0 Å². The number of rotatable bonds is 2. The van der Waals surface area contributed by atoms with Crippen LogP contribution in [0.25, 0.3) is 0 Å². The first-order valence-electron chi connectivity index (χ1n) is 2.14. The van der Waals surface area contributed by atoms with Gasteiger partial charge in [-0.15, -0.1) is 0 Å². The molecule has 0 saturated heterocycles. The Morgan fingerprint density at radius 1 is 1.25 bits per heavy atom. The quantitative estimate of drug-likeness (QED) is 0.312. The van der Waals surface area contributed by atoms with Gasteiger partial charge in [0.05, 0.1) is 5.54 Å². The standard InChI is InChI=1S/C3H8N2O2Si/c4-2(6)1(8)3(5)7/h1H,8H3,(H2,4,6)(H2,5,7). The second kappa shape index (κ2) is 2.46. The van der Waals surface area contributed by atoms with E-state index in [0.717, 1.165) is 0 Å². The number of carbonyl (C=O) groups excluding carboxylic acids is 2. The minimum atomic E-state index is -0.713. The third kappa shape index (κ3) is 1.74. The first-order chi connectivity index (χ1) is 3.55. The zero-order valence-electron chi connectivity index (χ0n) is 4.55. The molecule has 2 amide bonds. The summed E-state index contributed by atoms with van der Waals surface area (Å²) in [5.74, 6) is -1.24. The Hall–Kier alpha value is -0.843. The lowest BCUT2D eigenvalue weighted by atomic mass is 10.4. The highest BCUT2D eigenvalue weighted by Gasteiger charge is 2.13. The smallest absolute Gasteiger partial charge is 0.226 e. The van der Waals surface area contributed by atoms with E-state index in [1.54, 1.807) is 0 Å². The molecule has 0 unspecified atom stereocenters. The van der Waals surface area contributed by atoms with Gasteiger partial charge in [-0.25, -0.2) is 0 Å². The van der Waals surface area contributed by atoms with Crippen molar-refractivity contribution in [1.82, 2.24) is 0 Å². The van der Waals surface area contributed by atoms with Gasteiger partial charge in [-0.2, -0.15) is 0 Å². The Morgan fingerprint density at radius 3 is 1.50 bits per heavy atom. The number of hydrogen-bond acceptors (Lipinski definition) is 2. The lowest BCUT2D eigenvalue weighted by molar-refractivity contribution is -0.125. The third-order valence-electron chi connectivity index (χ3n) is 0.854. The van der Waals surface area contributed by atoms with Crippen molar-refractivity contribution in [2.45, 2.75) is 5.54 Å². The van der Waals surface area contributed by atoms with Gasteiger partial charge in [-0.1, -0.05) is 0 Å². The van der Waals surface area contributed by atoms with Crippen molar-refractivity contribution in [1.29, 1.82) is 0 Å². The average Bonchev–Trinajstić information content (AvgIpc) is 1.64. The van der Waals surface area contributed by atoms with Crippen molar-refractivity contribution in [3.8, 4) is 0 Å². The molecule has 0 atom stereocenters. The van der Waals surface area contributed by atoms with Crippen LogP contribution >= 0.6 is 0 Å². The van der Waals surface area contributed by atoms with Gasteiger partial charge in [0.15, 0.2) is 0 Å². The highest BCUT2D eigenvalue weighted by Crippen LogP contribution is 1.91. The molecule has 0 spiro atoms. The molecule has 0 saturated carbocycles. The van der Waals surface area contributed by atoms with Crippen molar-refractivity contribution in [2.75, 3.05) is 0 Å². The first kappa shape index (κ1) is 7.16. The predicted molar refractivity (Wildman–Crippen MR) is 32.1 cm³/mol. The van der Waals surface area contributed by atoms with E-state index < -0.39 is 17.4 Å². The van der Waals surface area contributed by atoms with Gasteiger partial charge < -0.3 is 11.5 Å². The largest absolute Gasteiger partial charge is 0.369 e. The van der Waals surface area contributed by atoms with Crippen LogP contribution in [0.2, 0.25) is 5.54 Å². The van der Waals surface area contributed by atoms with Crippen molar-refractivity contribution in [2.24, 2.45) is 11.5 Å². The summed E-state index contributed by atoms with van der Waals surface area (Å²) in [6.07, 6.45) is 0. The van der Waals surface area contributed by atoms with Crippen LogP contribution in [0.15, 0.2) is 0 Å². The molecule has 0 fully saturated rings. The summed E-state index contributed by atoms with van der Waals surface area (Å²) in [5.41, 5.74) is 8.75. The van der Waals surface area contributed by atoms with Crippen molar-refractivity contribution in [3.05, 3.63) is 0 Å². The fourth-order valence-electron chi connectivity index (χ4n) is 0.140. The number of nitrogens with two attached hydrogens (primary N) is 2. The van der Waals surface area contributed by atoms with E-state index in [4.69, 9.17) is 11.5 Å². The van der Waals surface area contributed by atoms with Crippen LogP contribution in [0.4, 0.5) is 0 Å². The number of hydrogen-bond donors (Lipinski definition) is 2. The van der Waals surface area contributed by atoms with Gasteiger partial charge in [0.2, 0.25) is 11.8 Å². The Bertz CT molecular complexity index is 110. The second-order valence-electron chi connectivity index (χ2n) is 1.53. The molecule has 8 heavy (non-hydrogen) atoms. The van der Waals surface area contributed by atoms with Crippen LogP contribution in [-0.2, 0) is 9.59 Å². The molecule has 0 rings (SSSR count). The summed E-state index contributed by atoms with van der Waals surface area (Å²) in [6.45, 7) is 0. The average molecular weight is 132 g/mol. The predicted octanol–water partition coefficient (Wildman–Crippen LogP) is -2.89. The summed E-state index contributed by atoms with van der Waals surface area (Å²) in [4.78, 5) is 20.2. The number of primary amides is 2. The van der Waals surface area contributed by atoms with E-state index in [1.807, 2.05) is 0 Å². The molecule has 0 radical (unpaired) electrons. The van der Waals surface area contributed by atoms with Gasteiger partial charge in [0.25, 0.3) is 0 Å². The van der Waals surface area contributed by atoms with E-state index in [2.05, 4.69) is 0 Å². The van der Waals surface area contributed by atoms with Gasteiger partial charge in [0, 0.05) is 10.2 Å². The van der Waals surface area contributed by atoms with E-state index in [-0.39, 0.29) is 0 Å². The van der Waals surface area contributed by atoms with Crippen LogP contribution in [0.1, 0.15) is 0 Å². The van der Waals surface area contributed by atoms with Crippen molar-refractivity contribution >= 4 is 22.1 Å². The Labute approximate surface area is 49.6 Å². The van der Waals surface area contributed by atoms with Crippen molar-refractivity contribution < 1.29 is 9.59 Å². The molecule has 0 aliphatic heterocycles. The summed E-state index contributed by atoms with van der Waals surface area (Å²) in [6, 6.07) is 0. The normalized spacial score (nSPS) is 9.62. The van der Waals surface area contributed by atoms with Crippen LogP contribution in [0, 0.1) is 0 Å². The molecule has 0 aliphatic carbocycles. The van der Waals surface area contributed by atoms with Crippen LogP contribution < -0.4 is 11.5 Å². The van der Waals surface area contributed by atoms with Crippen LogP contribution in [-0.4, -0.2) is 22.1 Å². The monoisotopic (exact) mass is 132 g/mol. The summed E-state index contributed by atoms with van der Waals surface area (Å²) >= 11 is 0. The molecule has 5 heteroatoms. The van der Waals surface area contributed by atoms with E-state index in [9.17, 15) is 9.59 Å². The highest BCUT2D eigenvalue weighted by molar-refractivity contribution is 6.35. The fourth-order valence-corrected chi connectivity index (χ4v) is 0.140. The Morgan fingerprint density at radius 2 is 1.50 bits per heavy atom. The molecule has 0 aromatic heterocycles. The van der Waals surface area contributed by atoms with E-state index >= 15 is 0 Å². The van der Waals surface area contributed by atoms with Crippen LogP contribution in [0.5, 0.6) is 0 Å². The minimum Gasteiger partial charge on any atom is -0.369 e. The summed E-state index contributed by atoms with van der Waals surface area (Å²) in [5, 5.41) is 0.